The van der Waals surface area contributed by atoms with Crippen molar-refractivity contribution in [3.8, 4) is 0 Å². The van der Waals surface area contributed by atoms with Crippen LogP contribution in [0.15, 0.2) is 12.3 Å². The Morgan fingerprint density at radius 2 is 2.07 bits per heavy atom. The van der Waals surface area contributed by atoms with E-state index in [4.69, 9.17) is 0 Å². The molecule has 1 N–H and O–H groups in total. The van der Waals surface area contributed by atoms with Crippen LogP contribution in [0.25, 0.3) is 0 Å². The van der Waals surface area contributed by atoms with Gasteiger partial charge in [0.15, 0.2) is 0 Å². The normalized spacial score (nSPS) is 14.8. The Morgan fingerprint density at radius 1 is 1.50 bits per heavy atom. The summed E-state index contributed by atoms with van der Waals surface area (Å²) >= 11 is 0. The molecule has 0 aliphatic heterocycles. The zero-order valence-corrected chi connectivity index (χ0v) is 9.52. The van der Waals surface area contributed by atoms with E-state index in [1.807, 2.05) is 52.2 Å². The van der Waals surface area contributed by atoms with Crippen LogP contribution in [0.5, 0.6) is 0 Å². The maximum absolute atomic E-state index is 10.1. The molecule has 0 saturated carbocycles. The molecular formula is C10H19N3O. The molecule has 1 atom stereocenters. The predicted molar refractivity (Wildman–Crippen MR) is 55.9 cm³/mol. The second-order valence-corrected chi connectivity index (χ2v) is 4.36. The zero-order chi connectivity index (χ0) is 10.9. The Kier molecular flexibility index (Phi) is 2.97. The third kappa shape index (κ3) is 1.96. The summed E-state index contributed by atoms with van der Waals surface area (Å²) in [6.07, 6.45) is 1.27. The van der Waals surface area contributed by atoms with Gasteiger partial charge < -0.3 is 10.0 Å². The summed E-state index contributed by atoms with van der Waals surface area (Å²) < 4.78 is 1.70. The van der Waals surface area contributed by atoms with Gasteiger partial charge in [-0.3, -0.25) is 4.68 Å². The zero-order valence-electron chi connectivity index (χ0n) is 9.52. The van der Waals surface area contributed by atoms with Crippen molar-refractivity contribution >= 4 is 0 Å². The summed E-state index contributed by atoms with van der Waals surface area (Å²) in [6.45, 7) is 3.98. The van der Waals surface area contributed by atoms with Crippen LogP contribution in [0.1, 0.15) is 25.6 Å². The predicted octanol–water partition coefficient (Wildman–Crippen LogP) is 0.794. The molecule has 0 aliphatic carbocycles. The Morgan fingerprint density at radius 3 is 2.43 bits per heavy atom. The molecule has 0 amide bonds. The first-order valence-corrected chi connectivity index (χ1v) is 4.70. The van der Waals surface area contributed by atoms with E-state index in [1.165, 1.54) is 0 Å². The first kappa shape index (κ1) is 11.2. The van der Waals surface area contributed by atoms with Crippen LogP contribution in [0.2, 0.25) is 0 Å². The summed E-state index contributed by atoms with van der Waals surface area (Å²) in [7, 11) is 5.75. The maximum atomic E-state index is 10.1. The lowest BCUT2D eigenvalue weighted by Gasteiger charge is -2.36. The lowest BCUT2D eigenvalue weighted by atomic mass is 9.93. The molecule has 1 unspecified atom stereocenters. The van der Waals surface area contributed by atoms with Crippen LogP contribution >= 0.6 is 0 Å². The number of rotatable bonds is 3. The molecule has 0 saturated heterocycles. The highest BCUT2D eigenvalue weighted by Crippen LogP contribution is 2.27. The molecule has 1 aromatic heterocycles. The second-order valence-electron chi connectivity index (χ2n) is 4.36. The second kappa shape index (κ2) is 3.71. The Balaban J connectivity index is 2.89. The molecule has 1 rings (SSSR count). The molecule has 0 bridgehead atoms. The number of aliphatic hydroxyl groups excluding tert-OH is 1. The number of hydrogen-bond donors (Lipinski definition) is 1. The lowest BCUT2D eigenvalue weighted by Crippen LogP contribution is -2.43. The SMILES string of the molecule is CN(C)C(C)(C)C(O)c1ccn(C)n1. The summed E-state index contributed by atoms with van der Waals surface area (Å²) in [5.74, 6) is 0. The van der Waals surface area contributed by atoms with Gasteiger partial charge in [-0.2, -0.15) is 5.10 Å². The summed E-state index contributed by atoms with van der Waals surface area (Å²) in [6, 6.07) is 1.84. The summed E-state index contributed by atoms with van der Waals surface area (Å²) in [4.78, 5) is 1.99. The molecule has 1 heterocycles. The Hall–Kier alpha value is -0.870. The van der Waals surface area contributed by atoms with Gasteiger partial charge in [-0.15, -0.1) is 0 Å². The molecule has 0 radical (unpaired) electrons. The molecule has 1 aromatic rings. The maximum Gasteiger partial charge on any atom is 0.115 e. The highest BCUT2D eigenvalue weighted by molar-refractivity contribution is 5.08. The molecule has 0 aliphatic rings. The smallest absolute Gasteiger partial charge is 0.115 e. The molecule has 4 nitrogen and oxygen atoms in total. The molecular weight excluding hydrogens is 178 g/mol. The first-order chi connectivity index (χ1) is 6.35. The minimum Gasteiger partial charge on any atom is -0.385 e. The van der Waals surface area contributed by atoms with Crippen molar-refractivity contribution in [2.75, 3.05) is 14.1 Å². The summed E-state index contributed by atoms with van der Waals surface area (Å²) in [5.41, 5.74) is 0.403. The standard InChI is InChI=1S/C10H19N3O/c1-10(2,12(3)4)9(14)8-6-7-13(5)11-8/h6-7,9,14H,1-5H3. The van der Waals surface area contributed by atoms with Crippen LogP contribution in [-0.4, -0.2) is 39.4 Å². The van der Waals surface area contributed by atoms with E-state index >= 15 is 0 Å². The number of aryl methyl sites for hydroxylation is 1. The highest BCUT2D eigenvalue weighted by Gasteiger charge is 2.32. The van der Waals surface area contributed by atoms with Crippen molar-refractivity contribution in [3.63, 3.8) is 0 Å². The van der Waals surface area contributed by atoms with E-state index in [2.05, 4.69) is 5.10 Å². The fourth-order valence-corrected chi connectivity index (χ4v) is 1.19. The average Bonchev–Trinajstić information content (AvgIpc) is 2.50. The van der Waals surface area contributed by atoms with E-state index in [9.17, 15) is 5.11 Å². The van der Waals surface area contributed by atoms with Gasteiger partial charge in [-0.05, 0) is 34.0 Å². The van der Waals surface area contributed by atoms with Crippen LogP contribution in [0.3, 0.4) is 0 Å². The molecule has 0 fully saturated rings. The van der Waals surface area contributed by atoms with E-state index in [1.54, 1.807) is 4.68 Å². The van der Waals surface area contributed by atoms with Gasteiger partial charge in [0, 0.05) is 18.8 Å². The average molecular weight is 197 g/mol. The van der Waals surface area contributed by atoms with Gasteiger partial charge in [0.2, 0.25) is 0 Å². The van der Waals surface area contributed by atoms with Gasteiger partial charge >= 0.3 is 0 Å². The third-order valence-electron chi connectivity index (χ3n) is 2.84. The van der Waals surface area contributed by atoms with Crippen LogP contribution in [0, 0.1) is 0 Å². The summed E-state index contributed by atoms with van der Waals surface area (Å²) in [5, 5.41) is 14.3. The quantitative estimate of drug-likeness (QED) is 0.779. The van der Waals surface area contributed by atoms with E-state index in [-0.39, 0.29) is 5.54 Å². The van der Waals surface area contributed by atoms with Crippen LogP contribution in [-0.2, 0) is 7.05 Å². The minimum atomic E-state index is -0.571. The Bertz CT molecular complexity index is 304. The van der Waals surface area contributed by atoms with Crippen molar-refractivity contribution < 1.29 is 5.11 Å². The van der Waals surface area contributed by atoms with Crippen molar-refractivity contribution in [1.29, 1.82) is 0 Å². The van der Waals surface area contributed by atoms with Crippen molar-refractivity contribution in [3.05, 3.63) is 18.0 Å². The molecule has 14 heavy (non-hydrogen) atoms. The molecule has 0 aromatic carbocycles. The Labute approximate surface area is 85.1 Å². The monoisotopic (exact) mass is 197 g/mol. The van der Waals surface area contributed by atoms with E-state index < -0.39 is 6.10 Å². The van der Waals surface area contributed by atoms with Crippen LogP contribution in [0.4, 0.5) is 0 Å². The topological polar surface area (TPSA) is 41.3 Å². The van der Waals surface area contributed by atoms with Gasteiger partial charge in [-0.1, -0.05) is 0 Å². The lowest BCUT2D eigenvalue weighted by molar-refractivity contribution is 0.0133. The molecule has 0 spiro atoms. The van der Waals surface area contributed by atoms with Crippen LogP contribution < -0.4 is 0 Å². The van der Waals surface area contributed by atoms with Gasteiger partial charge in [-0.25, -0.2) is 0 Å². The third-order valence-corrected chi connectivity index (χ3v) is 2.84. The number of likely N-dealkylation sites (N-methyl/N-ethyl adjacent to an activating group) is 1. The van der Waals surface area contributed by atoms with Crippen molar-refractivity contribution in [1.82, 2.24) is 14.7 Å². The fourth-order valence-electron chi connectivity index (χ4n) is 1.19. The highest BCUT2D eigenvalue weighted by atomic mass is 16.3. The van der Waals surface area contributed by atoms with Gasteiger partial charge in [0.25, 0.3) is 0 Å². The molecule has 4 heteroatoms. The minimum absolute atomic E-state index is 0.311. The number of nitrogens with zero attached hydrogens (tertiary/aromatic N) is 3. The largest absolute Gasteiger partial charge is 0.385 e. The number of aliphatic hydroxyl groups is 1. The van der Waals surface area contributed by atoms with Crippen molar-refractivity contribution in [2.45, 2.75) is 25.5 Å². The van der Waals surface area contributed by atoms with Gasteiger partial charge in [0.1, 0.15) is 6.10 Å². The fraction of sp³-hybridized carbons (Fsp3) is 0.700. The van der Waals surface area contributed by atoms with Gasteiger partial charge in [0.05, 0.1) is 5.69 Å². The first-order valence-electron chi connectivity index (χ1n) is 4.70. The van der Waals surface area contributed by atoms with E-state index in [0.29, 0.717) is 5.69 Å². The number of hydrogen-bond acceptors (Lipinski definition) is 3. The number of aromatic nitrogens is 2. The molecule has 80 valence electrons. The van der Waals surface area contributed by atoms with E-state index in [0.717, 1.165) is 0 Å². The van der Waals surface area contributed by atoms with Crippen molar-refractivity contribution in [2.24, 2.45) is 7.05 Å².